The van der Waals surface area contributed by atoms with E-state index in [2.05, 4.69) is 10.3 Å². The molecular weight excluding hydrogens is 244 g/mol. The Morgan fingerprint density at radius 1 is 1.32 bits per heavy atom. The summed E-state index contributed by atoms with van der Waals surface area (Å²) in [5, 5.41) is 12.3. The van der Waals surface area contributed by atoms with Crippen molar-refractivity contribution in [2.75, 3.05) is 12.4 Å². The van der Waals surface area contributed by atoms with Crippen LogP contribution in [0.1, 0.15) is 16.1 Å². The van der Waals surface area contributed by atoms with E-state index in [4.69, 9.17) is 4.74 Å². The Labute approximate surface area is 110 Å². The molecule has 0 radical (unpaired) electrons. The van der Waals surface area contributed by atoms with Crippen molar-refractivity contribution in [1.29, 1.82) is 0 Å². The van der Waals surface area contributed by atoms with Crippen molar-refractivity contribution in [2.24, 2.45) is 0 Å². The van der Waals surface area contributed by atoms with Gasteiger partial charge in [-0.3, -0.25) is 4.79 Å². The van der Waals surface area contributed by atoms with Crippen LogP contribution in [0.15, 0.2) is 42.6 Å². The van der Waals surface area contributed by atoms with E-state index in [-0.39, 0.29) is 11.4 Å². The van der Waals surface area contributed by atoms with Crippen molar-refractivity contribution in [3.8, 4) is 5.75 Å². The van der Waals surface area contributed by atoms with E-state index >= 15 is 0 Å². The molecule has 0 aliphatic rings. The molecule has 19 heavy (non-hydrogen) atoms. The Morgan fingerprint density at radius 2 is 2.11 bits per heavy atom. The van der Waals surface area contributed by atoms with E-state index in [1.165, 1.54) is 12.3 Å². The molecule has 0 aliphatic carbocycles. The van der Waals surface area contributed by atoms with Gasteiger partial charge in [-0.1, -0.05) is 18.2 Å². The van der Waals surface area contributed by atoms with E-state index in [1.54, 1.807) is 19.2 Å². The van der Waals surface area contributed by atoms with Crippen LogP contribution in [0.2, 0.25) is 0 Å². The van der Waals surface area contributed by atoms with Gasteiger partial charge in [-0.25, -0.2) is 4.98 Å². The lowest BCUT2D eigenvalue weighted by molar-refractivity contribution is 0.101. The van der Waals surface area contributed by atoms with Crippen LogP contribution in [0.25, 0.3) is 0 Å². The third-order valence-electron chi connectivity index (χ3n) is 2.57. The second-order valence-electron chi connectivity index (χ2n) is 3.92. The van der Waals surface area contributed by atoms with E-state index < -0.39 is 5.91 Å². The van der Waals surface area contributed by atoms with Crippen molar-refractivity contribution >= 4 is 11.6 Å². The Morgan fingerprint density at radius 3 is 2.84 bits per heavy atom. The van der Waals surface area contributed by atoms with E-state index in [0.717, 1.165) is 5.56 Å². The number of pyridine rings is 1. The molecule has 2 rings (SSSR count). The lowest BCUT2D eigenvalue weighted by Crippen LogP contribution is -2.15. The van der Waals surface area contributed by atoms with Crippen LogP contribution < -0.4 is 5.32 Å². The molecule has 2 aromatic rings. The minimum Gasteiger partial charge on any atom is -0.505 e. The van der Waals surface area contributed by atoms with Gasteiger partial charge in [0.1, 0.15) is 5.75 Å². The number of methoxy groups -OCH3 is 1. The maximum atomic E-state index is 12.0. The second kappa shape index (κ2) is 5.97. The number of benzene rings is 1. The first-order valence-corrected chi connectivity index (χ1v) is 5.74. The maximum absolute atomic E-state index is 12.0. The number of carbonyl (C=O) groups is 1. The van der Waals surface area contributed by atoms with Gasteiger partial charge >= 0.3 is 0 Å². The number of anilines is 1. The summed E-state index contributed by atoms with van der Waals surface area (Å²) in [6, 6.07) is 10.3. The van der Waals surface area contributed by atoms with Crippen LogP contribution in [0.5, 0.6) is 5.75 Å². The Balaban J connectivity index is 2.22. The fourth-order valence-corrected chi connectivity index (χ4v) is 1.68. The molecule has 1 aromatic heterocycles. The highest BCUT2D eigenvalue weighted by Crippen LogP contribution is 2.19. The van der Waals surface area contributed by atoms with Gasteiger partial charge in [-0.05, 0) is 18.2 Å². The molecular formula is C14H14N2O3. The van der Waals surface area contributed by atoms with Crippen LogP contribution in [0, 0.1) is 0 Å². The smallest absolute Gasteiger partial charge is 0.278 e. The standard InChI is InChI=1S/C14H14N2O3/c1-19-9-10-5-2-3-6-11(10)16-14(18)13-12(17)7-4-8-15-13/h2-8,17H,9H2,1H3,(H,16,18). The lowest BCUT2D eigenvalue weighted by Gasteiger charge is -2.10. The summed E-state index contributed by atoms with van der Waals surface area (Å²) in [4.78, 5) is 15.9. The molecule has 1 amide bonds. The summed E-state index contributed by atoms with van der Waals surface area (Å²) in [6.45, 7) is 0.394. The summed E-state index contributed by atoms with van der Waals surface area (Å²) in [6.07, 6.45) is 1.45. The number of ether oxygens (including phenoxy) is 1. The van der Waals surface area contributed by atoms with Crippen LogP contribution in [-0.2, 0) is 11.3 Å². The van der Waals surface area contributed by atoms with Crippen molar-refractivity contribution in [2.45, 2.75) is 6.61 Å². The summed E-state index contributed by atoms with van der Waals surface area (Å²) >= 11 is 0. The number of hydrogen-bond donors (Lipinski definition) is 2. The molecule has 0 fully saturated rings. The van der Waals surface area contributed by atoms with E-state index in [0.29, 0.717) is 12.3 Å². The zero-order chi connectivity index (χ0) is 13.7. The van der Waals surface area contributed by atoms with Gasteiger partial charge in [-0.2, -0.15) is 0 Å². The highest BCUT2D eigenvalue weighted by Gasteiger charge is 2.13. The number of nitrogens with one attached hydrogen (secondary N) is 1. The number of aromatic hydroxyl groups is 1. The molecule has 0 bridgehead atoms. The van der Waals surface area contributed by atoms with Crippen LogP contribution in [0.4, 0.5) is 5.69 Å². The van der Waals surface area contributed by atoms with Crippen LogP contribution in [0.3, 0.4) is 0 Å². The van der Waals surface area contributed by atoms with Crippen LogP contribution in [-0.4, -0.2) is 23.1 Å². The molecule has 0 spiro atoms. The summed E-state index contributed by atoms with van der Waals surface area (Å²) in [5.74, 6) is -0.606. The molecule has 0 unspecified atom stereocenters. The Bertz CT molecular complexity index is 584. The molecule has 98 valence electrons. The molecule has 1 aromatic carbocycles. The molecule has 0 saturated heterocycles. The topological polar surface area (TPSA) is 71.5 Å². The average molecular weight is 258 g/mol. The van der Waals surface area contributed by atoms with Gasteiger partial charge in [0.15, 0.2) is 5.69 Å². The highest BCUT2D eigenvalue weighted by atomic mass is 16.5. The number of amides is 1. The van der Waals surface area contributed by atoms with Crippen molar-refractivity contribution in [1.82, 2.24) is 4.98 Å². The third-order valence-corrected chi connectivity index (χ3v) is 2.57. The molecule has 5 nitrogen and oxygen atoms in total. The largest absolute Gasteiger partial charge is 0.505 e. The second-order valence-corrected chi connectivity index (χ2v) is 3.92. The quantitative estimate of drug-likeness (QED) is 0.881. The molecule has 0 saturated carbocycles. The highest BCUT2D eigenvalue weighted by molar-refractivity contribution is 6.04. The number of hydrogen-bond acceptors (Lipinski definition) is 4. The first kappa shape index (κ1) is 13.0. The summed E-state index contributed by atoms with van der Waals surface area (Å²) < 4.78 is 5.06. The van der Waals surface area contributed by atoms with Gasteiger partial charge in [0.05, 0.1) is 6.61 Å². The number of aromatic nitrogens is 1. The average Bonchev–Trinajstić information content (AvgIpc) is 2.41. The number of para-hydroxylation sites is 1. The van der Waals surface area contributed by atoms with Gasteiger partial charge in [-0.15, -0.1) is 0 Å². The minimum atomic E-state index is -0.457. The molecule has 5 heteroatoms. The Kier molecular flexibility index (Phi) is 4.10. The molecule has 1 heterocycles. The number of nitrogens with zero attached hydrogens (tertiary/aromatic N) is 1. The fraction of sp³-hybridized carbons (Fsp3) is 0.143. The van der Waals surface area contributed by atoms with Gasteiger partial charge in [0, 0.05) is 24.6 Å². The van der Waals surface area contributed by atoms with Crippen LogP contribution >= 0.6 is 0 Å². The van der Waals surface area contributed by atoms with Gasteiger partial charge < -0.3 is 15.2 Å². The van der Waals surface area contributed by atoms with Gasteiger partial charge in [0.25, 0.3) is 5.91 Å². The lowest BCUT2D eigenvalue weighted by atomic mass is 10.2. The number of carbonyl (C=O) groups excluding carboxylic acids is 1. The first-order valence-electron chi connectivity index (χ1n) is 5.74. The Hall–Kier alpha value is -2.40. The zero-order valence-corrected chi connectivity index (χ0v) is 10.5. The summed E-state index contributed by atoms with van der Waals surface area (Å²) in [7, 11) is 1.59. The number of rotatable bonds is 4. The monoisotopic (exact) mass is 258 g/mol. The summed E-state index contributed by atoms with van der Waals surface area (Å²) in [5.41, 5.74) is 1.49. The van der Waals surface area contributed by atoms with Gasteiger partial charge in [0.2, 0.25) is 0 Å². The molecule has 2 N–H and O–H groups in total. The third kappa shape index (κ3) is 3.08. The fourth-order valence-electron chi connectivity index (χ4n) is 1.68. The van der Waals surface area contributed by atoms with E-state index in [9.17, 15) is 9.90 Å². The minimum absolute atomic E-state index is 0.00489. The SMILES string of the molecule is COCc1ccccc1NC(=O)c1ncccc1O. The predicted octanol–water partition coefficient (Wildman–Crippen LogP) is 2.19. The zero-order valence-electron chi connectivity index (χ0n) is 10.5. The predicted molar refractivity (Wildman–Crippen MR) is 71.0 cm³/mol. The van der Waals surface area contributed by atoms with Crippen molar-refractivity contribution in [3.05, 3.63) is 53.9 Å². The van der Waals surface area contributed by atoms with E-state index in [1.807, 2.05) is 18.2 Å². The normalized spacial score (nSPS) is 10.2. The van der Waals surface area contributed by atoms with Crippen molar-refractivity contribution in [3.63, 3.8) is 0 Å². The molecule has 0 atom stereocenters. The first-order chi connectivity index (χ1) is 9.22. The molecule has 0 aliphatic heterocycles. The maximum Gasteiger partial charge on any atom is 0.278 e. The van der Waals surface area contributed by atoms with Crippen molar-refractivity contribution < 1.29 is 14.6 Å².